The number of hydrogen-bond donors (Lipinski definition) is 1. The molecular weight excluding hydrogens is 534 g/mol. The number of nitrogens with one attached hydrogen (secondary N) is 1. The van der Waals surface area contributed by atoms with E-state index in [2.05, 4.69) is 10.1 Å². The molecule has 5 nitrogen and oxygen atoms in total. The summed E-state index contributed by atoms with van der Waals surface area (Å²) in [5.41, 5.74) is 3.03. The summed E-state index contributed by atoms with van der Waals surface area (Å²) in [6.07, 6.45) is 0. The van der Waals surface area contributed by atoms with Crippen molar-refractivity contribution in [1.29, 1.82) is 0 Å². The number of ether oxygens (including phenoxy) is 2. The molecule has 36 heavy (non-hydrogen) atoms. The van der Waals surface area contributed by atoms with E-state index in [1.807, 2.05) is 84.2 Å². The van der Waals surface area contributed by atoms with Crippen molar-refractivity contribution in [1.82, 2.24) is 4.98 Å². The predicted octanol–water partition coefficient (Wildman–Crippen LogP) is 8.99. The number of methoxy groups -OCH3 is 2. The summed E-state index contributed by atoms with van der Waals surface area (Å²) in [6.45, 7) is 0. The predicted molar refractivity (Wildman–Crippen MR) is 152 cm³/mol. The molecule has 1 aromatic heterocycles. The maximum Gasteiger partial charge on any atom is 0.217 e. The van der Waals surface area contributed by atoms with Crippen LogP contribution in [0.1, 0.15) is 11.1 Å². The number of hydrogen-bond acceptors (Lipinski definition) is 5. The first-order chi connectivity index (χ1) is 17.4. The summed E-state index contributed by atoms with van der Waals surface area (Å²) in [4.78, 5) is 4.65. The van der Waals surface area contributed by atoms with Crippen LogP contribution in [0, 0.1) is 0 Å². The Kier molecular flexibility index (Phi) is 8.55. The Hall–Kier alpha value is -3.02. The van der Waals surface area contributed by atoms with Crippen molar-refractivity contribution in [2.45, 2.75) is 0 Å². The molecule has 3 aromatic carbocycles. The van der Waals surface area contributed by atoms with Gasteiger partial charge in [0, 0.05) is 22.6 Å². The maximum atomic E-state index is 14.2. The second kappa shape index (κ2) is 11.8. The molecule has 0 amide bonds. The molecule has 4 aromatic rings. The van der Waals surface area contributed by atoms with Crippen molar-refractivity contribution >= 4 is 57.0 Å². The molecule has 0 saturated heterocycles. The average molecular weight is 557 g/mol. The zero-order chi connectivity index (χ0) is 25.5. The van der Waals surface area contributed by atoms with Crippen LogP contribution >= 0.6 is 41.8 Å². The van der Waals surface area contributed by atoms with Crippen LogP contribution in [-0.2, 0) is 4.57 Å². The molecule has 184 valence electrons. The number of rotatable bonds is 9. The first-order valence-electron chi connectivity index (χ1n) is 10.8. The van der Waals surface area contributed by atoms with Crippen molar-refractivity contribution in [3.8, 4) is 22.8 Å². The molecule has 0 bridgehead atoms. The number of thiazole rings is 1. The van der Waals surface area contributed by atoms with Crippen LogP contribution in [0.4, 0.5) is 5.13 Å². The Bertz CT molecular complexity index is 1380. The van der Waals surface area contributed by atoms with E-state index < -0.39 is 7.29 Å². The molecule has 0 spiro atoms. The van der Waals surface area contributed by atoms with Crippen LogP contribution in [0.2, 0.25) is 0 Å². The van der Waals surface area contributed by atoms with E-state index in [1.165, 1.54) is 23.0 Å². The van der Waals surface area contributed by atoms with Crippen molar-refractivity contribution in [3.63, 3.8) is 0 Å². The van der Waals surface area contributed by atoms with Crippen LogP contribution < -0.4 is 14.6 Å². The number of nitrogens with zero attached hydrogens (tertiary/aromatic N) is 1. The monoisotopic (exact) mass is 556 g/mol. The van der Waals surface area contributed by atoms with Gasteiger partial charge < -0.3 is 14.6 Å². The second-order valence-electron chi connectivity index (χ2n) is 7.61. The highest BCUT2D eigenvalue weighted by atomic mass is 35.5. The fourth-order valence-corrected chi connectivity index (χ4v) is 7.23. The van der Waals surface area contributed by atoms with Crippen molar-refractivity contribution in [3.05, 3.63) is 107 Å². The molecule has 0 aliphatic heterocycles. The molecule has 0 radical (unpaired) electrons. The van der Waals surface area contributed by atoms with Crippen LogP contribution in [0.3, 0.4) is 0 Å². The molecule has 4 rings (SSSR count). The van der Waals surface area contributed by atoms with Gasteiger partial charge in [-0.15, -0.1) is 11.3 Å². The highest BCUT2D eigenvalue weighted by Gasteiger charge is 2.21. The molecule has 0 atom stereocenters. The van der Waals surface area contributed by atoms with Gasteiger partial charge in [-0.1, -0.05) is 83.9 Å². The van der Waals surface area contributed by atoms with Gasteiger partial charge in [-0.3, -0.25) is 4.57 Å². The molecule has 0 fully saturated rings. The second-order valence-corrected chi connectivity index (χ2v) is 11.4. The van der Waals surface area contributed by atoms with Crippen LogP contribution in [-0.4, -0.2) is 19.2 Å². The lowest BCUT2D eigenvalue weighted by molar-refractivity contribution is 0.355. The molecule has 1 N–H and O–H groups in total. The van der Waals surface area contributed by atoms with E-state index >= 15 is 0 Å². The summed E-state index contributed by atoms with van der Waals surface area (Å²) in [6, 6.07) is 24.2. The van der Waals surface area contributed by atoms with E-state index in [0.717, 1.165) is 16.7 Å². The summed E-state index contributed by atoms with van der Waals surface area (Å²) >= 11 is 14.5. The molecule has 0 aliphatic rings. The van der Waals surface area contributed by atoms with Crippen LogP contribution in [0.5, 0.6) is 11.5 Å². The zero-order valence-corrected chi connectivity index (χ0v) is 22.7. The summed E-state index contributed by atoms with van der Waals surface area (Å²) in [7, 11) is -0.259. The Morgan fingerprint density at radius 3 is 1.94 bits per heavy atom. The highest BCUT2D eigenvalue weighted by molar-refractivity contribution is 7.72. The molecular formula is C27H23Cl2N2O3PS. The Labute approximate surface area is 224 Å². The third kappa shape index (κ3) is 6.40. The molecule has 0 aliphatic carbocycles. The van der Waals surface area contributed by atoms with E-state index in [4.69, 9.17) is 32.7 Å². The van der Waals surface area contributed by atoms with Gasteiger partial charge in [0.2, 0.25) is 7.29 Å². The first kappa shape index (κ1) is 26.1. The number of halogens is 2. The van der Waals surface area contributed by atoms with E-state index in [-0.39, 0.29) is 0 Å². The van der Waals surface area contributed by atoms with Crippen molar-refractivity contribution in [2.75, 3.05) is 19.3 Å². The number of aromatic nitrogens is 1. The summed E-state index contributed by atoms with van der Waals surface area (Å²) in [5.74, 6) is 4.23. The van der Waals surface area contributed by atoms with Gasteiger partial charge in [-0.05, 0) is 29.3 Å². The maximum absolute atomic E-state index is 14.2. The standard InChI is InChI=1S/C27H23Cl2N2O3PS/c1-33-25-14-13-21(15-26(25)34-2)24-18-36-27(30-24)31-35(32,16-22(28)19-9-5-3-6-10-19)17-23(29)20-11-7-4-8-12-20/h3-18H,1-2H3,(H,30,31,32)/b22-16-,23-17-. The normalized spacial score (nSPS) is 12.3. The minimum Gasteiger partial charge on any atom is -0.493 e. The Morgan fingerprint density at radius 1 is 0.861 bits per heavy atom. The minimum atomic E-state index is -3.43. The Balaban J connectivity index is 1.70. The van der Waals surface area contributed by atoms with E-state index in [0.29, 0.717) is 32.4 Å². The molecule has 1 heterocycles. The lowest BCUT2D eigenvalue weighted by Gasteiger charge is -2.14. The van der Waals surface area contributed by atoms with Gasteiger partial charge in [0.05, 0.1) is 30.0 Å². The van der Waals surface area contributed by atoms with Gasteiger partial charge in [0.15, 0.2) is 16.6 Å². The lowest BCUT2D eigenvalue weighted by Crippen LogP contribution is -1.94. The smallest absolute Gasteiger partial charge is 0.217 e. The molecule has 0 unspecified atom stereocenters. The quantitative estimate of drug-likeness (QED) is 0.208. The highest BCUT2D eigenvalue weighted by Crippen LogP contribution is 2.54. The van der Waals surface area contributed by atoms with Gasteiger partial charge in [-0.2, -0.15) is 0 Å². The van der Waals surface area contributed by atoms with Crippen LogP contribution in [0.25, 0.3) is 21.3 Å². The van der Waals surface area contributed by atoms with Crippen LogP contribution in [0.15, 0.2) is 95.9 Å². The number of benzene rings is 3. The average Bonchev–Trinajstić information content (AvgIpc) is 3.37. The lowest BCUT2D eigenvalue weighted by atomic mass is 10.1. The minimum absolute atomic E-state index is 0.344. The Morgan fingerprint density at radius 2 is 1.42 bits per heavy atom. The largest absolute Gasteiger partial charge is 0.493 e. The fourth-order valence-electron chi connectivity index (χ4n) is 3.39. The SMILES string of the molecule is COc1ccc(-c2csc(NP(=O)(/C=C(\Cl)c3ccccc3)/C=C(\Cl)c3ccccc3)n2)cc1OC. The topological polar surface area (TPSA) is 60.5 Å². The van der Waals surface area contributed by atoms with E-state index in [9.17, 15) is 4.57 Å². The third-order valence-electron chi connectivity index (χ3n) is 5.16. The molecule has 9 heteroatoms. The van der Waals surface area contributed by atoms with E-state index in [1.54, 1.807) is 14.2 Å². The summed E-state index contributed by atoms with van der Waals surface area (Å²) < 4.78 is 24.9. The van der Waals surface area contributed by atoms with Gasteiger partial charge in [0.1, 0.15) is 0 Å². The van der Waals surface area contributed by atoms with Gasteiger partial charge in [-0.25, -0.2) is 4.98 Å². The number of anilines is 1. The molecule has 0 saturated carbocycles. The zero-order valence-electron chi connectivity index (χ0n) is 19.5. The third-order valence-corrected chi connectivity index (χ3v) is 8.88. The van der Waals surface area contributed by atoms with Crippen molar-refractivity contribution < 1.29 is 14.0 Å². The van der Waals surface area contributed by atoms with Gasteiger partial charge >= 0.3 is 0 Å². The first-order valence-corrected chi connectivity index (χ1v) is 14.3. The summed E-state index contributed by atoms with van der Waals surface area (Å²) in [5, 5.41) is 6.11. The van der Waals surface area contributed by atoms with Gasteiger partial charge in [0.25, 0.3) is 0 Å². The van der Waals surface area contributed by atoms with Crippen molar-refractivity contribution in [2.24, 2.45) is 0 Å². The fraction of sp³-hybridized carbons (Fsp3) is 0.0741.